The van der Waals surface area contributed by atoms with Crippen LogP contribution in [-0.4, -0.2) is 75.8 Å². The van der Waals surface area contributed by atoms with E-state index >= 15 is 0 Å². The Labute approximate surface area is 693 Å². The molecule has 0 N–H and O–H groups in total. The van der Waals surface area contributed by atoms with Gasteiger partial charge in [-0.25, -0.2) is 0 Å². The van der Waals surface area contributed by atoms with Gasteiger partial charge in [0.15, 0.2) is 6.71 Å². The summed E-state index contributed by atoms with van der Waals surface area (Å²) in [5, 5.41) is 0. The van der Waals surface area contributed by atoms with Crippen LogP contribution in [0.25, 0.3) is 0 Å². The highest BCUT2D eigenvalue weighted by atomic mass is 15.3. The number of hydrogen-bond donors (Lipinski definition) is 0. The molecule has 18 saturated carbocycles. The second-order valence-electron chi connectivity index (χ2n) is 50.9. The highest BCUT2D eigenvalue weighted by Gasteiger charge is 2.71. The van der Waals surface area contributed by atoms with Crippen molar-refractivity contribution in [1.82, 2.24) is 14.7 Å². The normalized spacial score (nSPS) is 49.3. The molecule has 630 valence electrons. The van der Waals surface area contributed by atoms with Gasteiger partial charge >= 0.3 is 0 Å². The first-order valence-corrected chi connectivity index (χ1v) is 54.1. The second-order valence-corrected chi connectivity index (χ2v) is 50.9. The Morgan fingerprint density at radius 2 is 0.562 bits per heavy atom. The summed E-state index contributed by atoms with van der Waals surface area (Å²) in [5.74, 6) is 28.8. The lowest BCUT2D eigenvalue weighted by Gasteiger charge is -2.73. The van der Waals surface area contributed by atoms with Crippen molar-refractivity contribution >= 4 is 6.71 Å². The van der Waals surface area contributed by atoms with Crippen LogP contribution in [0.15, 0.2) is 0 Å². The van der Waals surface area contributed by atoms with E-state index in [1.807, 2.05) is 0 Å². The molecule has 3 saturated heterocycles. The van der Waals surface area contributed by atoms with Crippen molar-refractivity contribution in [3.05, 3.63) is 0 Å². The molecule has 0 spiro atoms. The molecule has 0 amide bonds. The Morgan fingerprint density at radius 3 is 1.02 bits per heavy atom. The largest absolute Gasteiger partial charge is 0.295 e. The van der Waals surface area contributed by atoms with E-state index in [0.29, 0.717) is 10.8 Å². The number of fused-ring (bicyclic) bond motifs is 7. The summed E-state index contributed by atoms with van der Waals surface area (Å²) in [6, 6.07) is 7.70. The summed E-state index contributed by atoms with van der Waals surface area (Å²) in [5.41, 5.74) is 0.875. The molecule has 4 heteroatoms. The zero-order valence-corrected chi connectivity index (χ0v) is 74.7. The van der Waals surface area contributed by atoms with Crippen LogP contribution in [0.3, 0.4) is 0 Å². The maximum atomic E-state index is 4.15. The van der Waals surface area contributed by atoms with Gasteiger partial charge in [0.05, 0.1) is 0 Å². The van der Waals surface area contributed by atoms with Gasteiger partial charge < -0.3 is 0 Å². The lowest BCUT2D eigenvalue weighted by molar-refractivity contribution is -0.161. The maximum Gasteiger partial charge on any atom is 0.156 e. The van der Waals surface area contributed by atoms with E-state index in [1.54, 1.807) is 398 Å². The van der Waals surface area contributed by atoms with Gasteiger partial charge in [-0.3, -0.25) is 14.7 Å². The number of rotatable bonds is 11. The summed E-state index contributed by atoms with van der Waals surface area (Å²) in [6.45, 7) is 17.4. The average molecular weight is 1530 g/mol. The fourth-order valence-corrected chi connectivity index (χ4v) is 40.4. The Balaban J connectivity index is 0.768. The molecule has 21 aliphatic rings. The van der Waals surface area contributed by atoms with Gasteiger partial charge in [0.25, 0.3) is 0 Å². The monoisotopic (exact) mass is 1530 g/mol. The smallest absolute Gasteiger partial charge is 0.156 e. The zero-order chi connectivity index (χ0) is 75.1. The SMILES string of the molecule is CC(C)(C)C1CC2CCC3CC(C(C)(C)C)CC4C(C5CCC6B7C8CC(C9CCCCC9)CCC8N(C8C(C9CCCCC9)CC(C9CCCCC9)CC8C8CCCCC8)C8CC(N9C%10CCCCC%10C%10CCCCC%109)CC(C78)N(C7C(C8CCCCC8)CC(C8CCCCC8)CC7C7CCCCC7)C6C5)CC(C1)C2C34. The first-order chi connectivity index (χ1) is 54.8. The van der Waals surface area contributed by atoms with E-state index in [4.69, 9.17) is 0 Å². The van der Waals surface area contributed by atoms with E-state index < -0.39 is 0 Å². The van der Waals surface area contributed by atoms with Gasteiger partial charge in [0, 0.05) is 54.4 Å². The minimum absolute atomic E-state index is 0.430. The van der Waals surface area contributed by atoms with E-state index in [1.165, 1.54) is 0 Å². The van der Waals surface area contributed by atoms with Crippen LogP contribution in [0, 0.1) is 165 Å². The van der Waals surface area contributed by atoms with Crippen LogP contribution in [0.2, 0.25) is 17.5 Å². The first kappa shape index (κ1) is 79.1. The van der Waals surface area contributed by atoms with Crippen molar-refractivity contribution in [1.29, 1.82) is 0 Å². The maximum absolute atomic E-state index is 4.15. The van der Waals surface area contributed by atoms with Crippen molar-refractivity contribution in [2.45, 2.75) is 511 Å². The molecule has 21 fully saturated rings. The van der Waals surface area contributed by atoms with Gasteiger partial charge in [-0.05, 0) is 311 Å². The molecule has 18 aliphatic carbocycles. The predicted molar refractivity (Wildman–Crippen MR) is 473 cm³/mol. The number of likely N-dealkylation sites (tertiary alicyclic amines) is 1. The zero-order valence-electron chi connectivity index (χ0n) is 74.7. The van der Waals surface area contributed by atoms with Crippen LogP contribution >= 0.6 is 0 Å². The second kappa shape index (κ2) is 33.5. The number of hydrogen-bond acceptors (Lipinski definition) is 3. The molecule has 0 radical (unpaired) electrons. The van der Waals surface area contributed by atoms with Crippen molar-refractivity contribution in [2.75, 3.05) is 0 Å². The summed E-state index contributed by atoms with van der Waals surface area (Å²) < 4.78 is 0. The standard InChI is InChI=1S/C108H180BN3/c1-107(2,3)83-56-78-50-51-79-57-84(108(4,5)6)66-93-88(63-82(58-83)102(78)103(79)93)77-52-54-94-99(65-77)112(106-91(74-42-24-12-25-43-74)61-81(71-36-18-9-19-37-71)62-92(106)75-44-26-13-27-45-75)101-68-85(110-96-48-30-28-46-86(96)87-47-29-31-49-97(87)110)67-100-104(101)109(94)95-64-76(69-32-14-7-15-33-69)53-55-98(95)111(100)105-89(72-38-20-10-21-39-72)59-80(70-34-16-8-17-35-70)60-90(105)73-40-22-11-23-41-73/h69-106H,7-68H2,1-6H3. The molecule has 21 rings (SSSR count). The fourth-order valence-electron chi connectivity index (χ4n) is 40.4. The molecule has 112 heavy (non-hydrogen) atoms. The summed E-state index contributed by atoms with van der Waals surface area (Å²) >= 11 is 0. The van der Waals surface area contributed by atoms with E-state index in [9.17, 15) is 0 Å². The third-order valence-corrected chi connectivity index (χ3v) is 44.7. The quantitative estimate of drug-likeness (QED) is 0.191. The van der Waals surface area contributed by atoms with Crippen LogP contribution in [0.1, 0.15) is 440 Å². The first-order valence-electron chi connectivity index (χ1n) is 54.1. The highest BCUT2D eigenvalue weighted by molar-refractivity contribution is 6.65. The Bertz CT molecular complexity index is 2950. The van der Waals surface area contributed by atoms with E-state index in [-0.39, 0.29) is 0 Å². The van der Waals surface area contributed by atoms with E-state index in [0.717, 1.165) is 232 Å². The molecule has 0 bridgehead atoms. The van der Waals surface area contributed by atoms with Gasteiger partial charge in [0.2, 0.25) is 0 Å². The fraction of sp³-hybridized carbons (Fsp3) is 1.00. The van der Waals surface area contributed by atoms with Crippen molar-refractivity contribution in [3.8, 4) is 0 Å². The molecule has 3 aliphatic heterocycles. The van der Waals surface area contributed by atoms with Crippen molar-refractivity contribution < 1.29 is 0 Å². The van der Waals surface area contributed by atoms with Gasteiger partial charge in [0.1, 0.15) is 0 Å². The Morgan fingerprint density at radius 1 is 0.196 bits per heavy atom. The van der Waals surface area contributed by atoms with Crippen molar-refractivity contribution in [2.24, 2.45) is 165 Å². The topological polar surface area (TPSA) is 9.72 Å². The predicted octanol–water partition coefficient (Wildman–Crippen LogP) is 29.4. The summed E-state index contributed by atoms with van der Waals surface area (Å²) in [6.07, 6.45) is 98.7. The lowest BCUT2D eigenvalue weighted by atomic mass is 9.18. The number of nitrogens with zero attached hydrogens (tertiary/aromatic N) is 3. The lowest BCUT2D eigenvalue weighted by Crippen LogP contribution is -2.78. The van der Waals surface area contributed by atoms with Crippen LogP contribution in [0.4, 0.5) is 0 Å². The third kappa shape index (κ3) is 14.8. The summed E-state index contributed by atoms with van der Waals surface area (Å²) in [4.78, 5) is 11.9. The molecule has 27 atom stereocenters. The minimum atomic E-state index is 0.430. The highest BCUT2D eigenvalue weighted by Crippen LogP contribution is 2.72. The van der Waals surface area contributed by atoms with Crippen LogP contribution < -0.4 is 0 Å². The van der Waals surface area contributed by atoms with E-state index in [2.05, 4.69) is 56.2 Å². The Hall–Kier alpha value is -0.0551. The molecule has 0 aromatic heterocycles. The third-order valence-electron chi connectivity index (χ3n) is 44.7. The summed E-state index contributed by atoms with van der Waals surface area (Å²) in [7, 11) is 0. The van der Waals surface area contributed by atoms with Gasteiger partial charge in [-0.1, -0.05) is 311 Å². The molecular formula is C108H180BN3. The molecule has 0 aromatic carbocycles. The van der Waals surface area contributed by atoms with Gasteiger partial charge in [-0.2, -0.15) is 0 Å². The molecule has 0 aromatic rings. The Kier molecular flexibility index (Phi) is 23.7. The molecule has 27 unspecified atom stereocenters. The van der Waals surface area contributed by atoms with Crippen LogP contribution in [-0.2, 0) is 0 Å². The van der Waals surface area contributed by atoms with Gasteiger partial charge in [-0.15, -0.1) is 0 Å². The minimum Gasteiger partial charge on any atom is -0.295 e. The molecule has 3 heterocycles. The van der Waals surface area contributed by atoms with Crippen molar-refractivity contribution in [3.63, 3.8) is 0 Å². The van der Waals surface area contributed by atoms with Crippen LogP contribution in [0.5, 0.6) is 0 Å². The molecular weight excluding hydrogens is 1350 g/mol. The average Bonchev–Trinajstić information content (AvgIpc) is 0.841. The molecule has 3 nitrogen and oxygen atoms in total.